The molecule has 0 fully saturated rings. The Hall–Kier alpha value is -2.21. The largest absolute Gasteiger partial charge is 0.351 e. The first-order valence-electron chi connectivity index (χ1n) is 6.68. The lowest BCUT2D eigenvalue weighted by Gasteiger charge is -2.08. The topological polar surface area (TPSA) is 63.2 Å². The lowest BCUT2D eigenvalue weighted by molar-refractivity contribution is 0.0952. The third kappa shape index (κ3) is 4.39. The van der Waals surface area contributed by atoms with Crippen LogP contribution in [-0.2, 0) is 9.84 Å². The van der Waals surface area contributed by atoms with Crippen LogP contribution in [0.2, 0.25) is 0 Å². The van der Waals surface area contributed by atoms with Crippen LogP contribution in [0.25, 0.3) is 11.1 Å². The second-order valence-electron chi connectivity index (χ2n) is 4.95. The summed E-state index contributed by atoms with van der Waals surface area (Å²) in [6.07, 6.45) is 1.08. The van der Waals surface area contributed by atoms with Crippen LogP contribution in [0.15, 0.2) is 48.5 Å². The minimum absolute atomic E-state index is 0.0489. The Bertz CT molecular complexity index is 773. The van der Waals surface area contributed by atoms with Crippen LogP contribution in [0.4, 0.5) is 4.39 Å². The van der Waals surface area contributed by atoms with Gasteiger partial charge in [0.1, 0.15) is 15.7 Å². The minimum Gasteiger partial charge on any atom is -0.351 e. The van der Waals surface area contributed by atoms with Crippen LogP contribution < -0.4 is 5.32 Å². The highest BCUT2D eigenvalue weighted by atomic mass is 32.2. The fraction of sp³-hybridized carbons (Fsp3) is 0.188. The Morgan fingerprint density at radius 2 is 1.77 bits per heavy atom. The van der Waals surface area contributed by atoms with Gasteiger partial charge >= 0.3 is 0 Å². The number of amides is 1. The van der Waals surface area contributed by atoms with Crippen molar-refractivity contribution >= 4 is 15.7 Å². The normalized spacial score (nSPS) is 11.2. The standard InChI is InChI=1S/C16H16FNO3S/c1-22(20,21)10-9-18-16(19)14-11-13(7-8-15(14)17)12-5-3-2-4-6-12/h2-8,11H,9-10H2,1H3,(H,18,19). The molecular formula is C16H16FNO3S. The molecule has 0 radical (unpaired) electrons. The fourth-order valence-corrected chi connectivity index (χ4v) is 2.43. The van der Waals surface area contributed by atoms with E-state index in [1.54, 1.807) is 6.07 Å². The highest BCUT2D eigenvalue weighted by Crippen LogP contribution is 2.21. The number of hydrogen-bond acceptors (Lipinski definition) is 3. The Kier molecular flexibility index (Phi) is 4.92. The first-order valence-corrected chi connectivity index (χ1v) is 8.74. The summed E-state index contributed by atoms with van der Waals surface area (Å²) in [4.78, 5) is 12.0. The number of benzene rings is 2. The molecule has 2 aromatic carbocycles. The third-order valence-corrected chi connectivity index (χ3v) is 4.02. The van der Waals surface area contributed by atoms with Gasteiger partial charge in [0.2, 0.25) is 0 Å². The molecule has 0 saturated heterocycles. The molecule has 2 aromatic rings. The predicted octanol–water partition coefficient (Wildman–Crippen LogP) is 2.27. The molecule has 0 aliphatic heterocycles. The molecule has 4 nitrogen and oxygen atoms in total. The zero-order chi connectivity index (χ0) is 16.2. The average molecular weight is 321 g/mol. The molecule has 116 valence electrons. The number of nitrogens with one attached hydrogen (secondary N) is 1. The van der Waals surface area contributed by atoms with E-state index in [0.717, 1.165) is 17.4 Å². The van der Waals surface area contributed by atoms with Crippen LogP contribution in [0.5, 0.6) is 0 Å². The molecule has 0 atom stereocenters. The average Bonchev–Trinajstić information content (AvgIpc) is 2.47. The number of sulfone groups is 1. The molecule has 0 aromatic heterocycles. The number of hydrogen-bond donors (Lipinski definition) is 1. The molecule has 1 N–H and O–H groups in total. The summed E-state index contributed by atoms with van der Waals surface area (Å²) in [5.41, 5.74) is 1.48. The second-order valence-corrected chi connectivity index (χ2v) is 7.21. The molecule has 6 heteroatoms. The van der Waals surface area contributed by atoms with Crippen molar-refractivity contribution < 1.29 is 17.6 Å². The van der Waals surface area contributed by atoms with E-state index < -0.39 is 21.6 Å². The second kappa shape index (κ2) is 6.70. The van der Waals surface area contributed by atoms with Gasteiger partial charge in [0, 0.05) is 12.8 Å². The highest BCUT2D eigenvalue weighted by Gasteiger charge is 2.13. The van der Waals surface area contributed by atoms with E-state index in [2.05, 4.69) is 5.32 Å². The van der Waals surface area contributed by atoms with Crippen molar-refractivity contribution in [2.45, 2.75) is 0 Å². The fourth-order valence-electron chi connectivity index (χ4n) is 1.95. The van der Waals surface area contributed by atoms with Gasteiger partial charge in [-0.15, -0.1) is 0 Å². The van der Waals surface area contributed by atoms with Gasteiger partial charge in [-0.25, -0.2) is 12.8 Å². The van der Waals surface area contributed by atoms with Gasteiger partial charge in [0.15, 0.2) is 0 Å². The number of rotatable bonds is 5. The van der Waals surface area contributed by atoms with Gasteiger partial charge in [0.05, 0.1) is 11.3 Å². The van der Waals surface area contributed by atoms with Crippen molar-refractivity contribution in [1.82, 2.24) is 5.32 Å². The van der Waals surface area contributed by atoms with Gasteiger partial charge < -0.3 is 5.32 Å². The van der Waals surface area contributed by atoms with Crippen molar-refractivity contribution in [3.63, 3.8) is 0 Å². The van der Waals surface area contributed by atoms with Crippen molar-refractivity contribution in [1.29, 1.82) is 0 Å². The van der Waals surface area contributed by atoms with Gasteiger partial charge in [-0.1, -0.05) is 36.4 Å². The lowest BCUT2D eigenvalue weighted by Crippen LogP contribution is -2.29. The molecular weight excluding hydrogens is 305 g/mol. The number of carbonyl (C=O) groups excluding carboxylic acids is 1. The lowest BCUT2D eigenvalue weighted by atomic mass is 10.0. The third-order valence-electron chi connectivity index (χ3n) is 3.08. The summed E-state index contributed by atoms with van der Waals surface area (Å²) >= 11 is 0. The van der Waals surface area contributed by atoms with Crippen molar-refractivity contribution in [3.8, 4) is 11.1 Å². The minimum atomic E-state index is -3.17. The van der Waals surface area contributed by atoms with Crippen LogP contribution in [0, 0.1) is 5.82 Å². The van der Waals surface area contributed by atoms with E-state index >= 15 is 0 Å². The molecule has 22 heavy (non-hydrogen) atoms. The molecule has 0 bridgehead atoms. The van der Waals surface area contributed by atoms with E-state index in [-0.39, 0.29) is 17.9 Å². The van der Waals surface area contributed by atoms with Crippen LogP contribution in [0.1, 0.15) is 10.4 Å². The highest BCUT2D eigenvalue weighted by molar-refractivity contribution is 7.90. The Labute approximate surface area is 128 Å². The summed E-state index contributed by atoms with van der Waals surface area (Å²) < 4.78 is 35.9. The van der Waals surface area contributed by atoms with Gasteiger partial charge in [-0.05, 0) is 23.3 Å². The van der Waals surface area contributed by atoms with Crippen LogP contribution >= 0.6 is 0 Å². The molecule has 0 unspecified atom stereocenters. The quantitative estimate of drug-likeness (QED) is 0.919. The maximum absolute atomic E-state index is 13.8. The van der Waals surface area contributed by atoms with Crippen molar-refractivity contribution in [3.05, 3.63) is 59.9 Å². The first kappa shape index (κ1) is 16.2. The summed E-state index contributed by atoms with van der Waals surface area (Å²) in [6, 6.07) is 13.6. The molecule has 1 amide bonds. The molecule has 0 heterocycles. The van der Waals surface area contributed by atoms with Gasteiger partial charge in [-0.2, -0.15) is 0 Å². The van der Waals surface area contributed by atoms with Gasteiger partial charge in [0.25, 0.3) is 5.91 Å². The molecule has 0 aliphatic carbocycles. The molecule has 0 saturated carbocycles. The van der Waals surface area contributed by atoms with Crippen LogP contribution in [0.3, 0.4) is 0 Å². The monoisotopic (exact) mass is 321 g/mol. The molecule has 2 rings (SSSR count). The van der Waals surface area contributed by atoms with Crippen LogP contribution in [-0.4, -0.2) is 32.9 Å². The zero-order valence-electron chi connectivity index (χ0n) is 12.0. The van der Waals surface area contributed by atoms with Crippen molar-refractivity contribution in [2.75, 3.05) is 18.6 Å². The summed E-state index contributed by atoms with van der Waals surface area (Å²) in [5, 5.41) is 2.42. The maximum atomic E-state index is 13.8. The Morgan fingerprint density at radius 3 is 2.41 bits per heavy atom. The Balaban J connectivity index is 2.18. The van der Waals surface area contributed by atoms with E-state index in [1.807, 2.05) is 30.3 Å². The Morgan fingerprint density at radius 1 is 1.09 bits per heavy atom. The molecule has 0 aliphatic rings. The summed E-state index contributed by atoms with van der Waals surface area (Å²) in [6.45, 7) is -0.0489. The van der Waals surface area contributed by atoms with Crippen molar-refractivity contribution in [2.24, 2.45) is 0 Å². The van der Waals surface area contributed by atoms with Gasteiger partial charge in [-0.3, -0.25) is 4.79 Å². The SMILES string of the molecule is CS(=O)(=O)CCNC(=O)c1cc(-c2ccccc2)ccc1F. The summed E-state index contributed by atoms with van der Waals surface area (Å²) in [7, 11) is -3.17. The van der Waals surface area contributed by atoms with E-state index in [4.69, 9.17) is 0 Å². The molecule has 0 spiro atoms. The maximum Gasteiger partial charge on any atom is 0.254 e. The number of halogens is 1. The summed E-state index contributed by atoms with van der Waals surface area (Å²) in [5.74, 6) is -1.45. The smallest absolute Gasteiger partial charge is 0.254 e. The van der Waals surface area contributed by atoms with E-state index in [1.165, 1.54) is 12.1 Å². The number of carbonyl (C=O) groups is 1. The van der Waals surface area contributed by atoms with E-state index in [9.17, 15) is 17.6 Å². The first-order chi connectivity index (χ1) is 10.4. The predicted molar refractivity (Wildman–Crippen MR) is 83.9 cm³/mol. The van der Waals surface area contributed by atoms with E-state index in [0.29, 0.717) is 0 Å². The zero-order valence-corrected chi connectivity index (χ0v) is 12.9.